The third-order valence-corrected chi connectivity index (χ3v) is 4.68. The highest BCUT2D eigenvalue weighted by Gasteiger charge is 2.07. The van der Waals surface area contributed by atoms with Crippen LogP contribution in [0.25, 0.3) is 28.3 Å². The van der Waals surface area contributed by atoms with Gasteiger partial charge in [-0.15, -0.1) is 11.3 Å². The summed E-state index contributed by atoms with van der Waals surface area (Å²) in [4.78, 5) is 29.0. The van der Waals surface area contributed by atoms with Gasteiger partial charge in [-0.05, 0) is 18.2 Å². The molecule has 0 fully saturated rings. The number of carbonyl (C=O) groups is 1. The van der Waals surface area contributed by atoms with Gasteiger partial charge >= 0.3 is 0 Å². The maximum Gasteiger partial charge on any atom is 0.250 e. The molecule has 0 aliphatic rings. The van der Waals surface area contributed by atoms with Crippen LogP contribution in [0.5, 0.6) is 0 Å². The molecule has 0 bridgehead atoms. The van der Waals surface area contributed by atoms with Gasteiger partial charge in [0, 0.05) is 17.0 Å². The number of hydrogen-bond donors (Lipinski definition) is 1. The van der Waals surface area contributed by atoms with Crippen LogP contribution in [0.2, 0.25) is 0 Å². The molecule has 2 heterocycles. The summed E-state index contributed by atoms with van der Waals surface area (Å²) < 4.78 is 5.43. The molecule has 5 nitrogen and oxygen atoms in total. The van der Waals surface area contributed by atoms with Crippen molar-refractivity contribution in [2.24, 2.45) is 0 Å². The zero-order valence-corrected chi connectivity index (χ0v) is 14.9. The Labute approximate surface area is 158 Å². The lowest BCUT2D eigenvalue weighted by Crippen LogP contribution is -2.09. The summed E-state index contributed by atoms with van der Waals surface area (Å²) in [5, 5.41) is 5.56. The van der Waals surface area contributed by atoms with Crippen LogP contribution < -0.4 is 10.7 Å². The molecule has 0 spiro atoms. The maximum absolute atomic E-state index is 12.4. The van der Waals surface area contributed by atoms with Crippen LogP contribution in [-0.4, -0.2) is 10.9 Å². The van der Waals surface area contributed by atoms with E-state index in [0.29, 0.717) is 21.7 Å². The van der Waals surface area contributed by atoms with Gasteiger partial charge in [0.05, 0.1) is 16.6 Å². The van der Waals surface area contributed by atoms with E-state index in [1.807, 2.05) is 35.7 Å². The van der Waals surface area contributed by atoms with E-state index < -0.39 is 0 Å². The number of amides is 1. The Morgan fingerprint density at radius 1 is 1.07 bits per heavy atom. The molecule has 1 N–H and O–H groups in total. The predicted molar refractivity (Wildman–Crippen MR) is 108 cm³/mol. The molecule has 0 saturated carbocycles. The molecule has 6 heteroatoms. The van der Waals surface area contributed by atoms with Crippen LogP contribution in [0.4, 0.5) is 5.13 Å². The van der Waals surface area contributed by atoms with Crippen LogP contribution in [-0.2, 0) is 4.79 Å². The summed E-state index contributed by atoms with van der Waals surface area (Å²) >= 11 is 1.34. The van der Waals surface area contributed by atoms with Crippen LogP contribution in [0, 0.1) is 0 Å². The number of anilines is 1. The second kappa shape index (κ2) is 7.39. The molecule has 4 rings (SSSR count). The van der Waals surface area contributed by atoms with Crippen LogP contribution in [0.15, 0.2) is 81.5 Å². The average Bonchev–Trinajstić information content (AvgIpc) is 3.17. The molecule has 0 atom stereocenters. The minimum Gasteiger partial charge on any atom is -0.463 e. The standard InChI is InChI=1S/C21H14N2O3S/c24-19(23-21-22-17(13-27-21)14-6-2-1-3-7-14)11-10-15-12-26-18-9-5-4-8-16(18)20(15)25/h1-13H,(H,22,23,24)/b11-10+. The minimum absolute atomic E-state index is 0.179. The Morgan fingerprint density at radius 2 is 1.85 bits per heavy atom. The van der Waals surface area contributed by atoms with E-state index >= 15 is 0 Å². The summed E-state index contributed by atoms with van der Waals surface area (Å²) in [6, 6.07) is 16.7. The van der Waals surface area contributed by atoms with E-state index in [2.05, 4.69) is 10.3 Å². The van der Waals surface area contributed by atoms with E-state index in [-0.39, 0.29) is 11.3 Å². The molecular formula is C21H14N2O3S. The molecule has 27 heavy (non-hydrogen) atoms. The molecule has 0 aliphatic heterocycles. The molecule has 4 aromatic rings. The van der Waals surface area contributed by atoms with Crippen molar-refractivity contribution < 1.29 is 9.21 Å². The van der Waals surface area contributed by atoms with E-state index in [1.54, 1.807) is 24.3 Å². The fourth-order valence-corrected chi connectivity index (χ4v) is 3.32. The summed E-state index contributed by atoms with van der Waals surface area (Å²) in [5.74, 6) is -0.364. The van der Waals surface area contributed by atoms with Crippen molar-refractivity contribution in [2.75, 3.05) is 5.32 Å². The van der Waals surface area contributed by atoms with Crippen LogP contribution >= 0.6 is 11.3 Å². The molecule has 0 radical (unpaired) electrons. The third kappa shape index (κ3) is 3.70. The lowest BCUT2D eigenvalue weighted by atomic mass is 10.1. The predicted octanol–water partition coefficient (Wildman–Crippen LogP) is 4.57. The fourth-order valence-electron chi connectivity index (χ4n) is 2.59. The normalized spacial score (nSPS) is 11.1. The first-order chi connectivity index (χ1) is 13.2. The number of nitrogens with one attached hydrogen (secondary N) is 1. The second-order valence-electron chi connectivity index (χ2n) is 5.74. The van der Waals surface area contributed by atoms with Crippen molar-refractivity contribution in [1.82, 2.24) is 4.98 Å². The fraction of sp³-hybridized carbons (Fsp3) is 0. The van der Waals surface area contributed by atoms with Crippen molar-refractivity contribution in [3.63, 3.8) is 0 Å². The number of aromatic nitrogens is 1. The largest absolute Gasteiger partial charge is 0.463 e. The summed E-state index contributed by atoms with van der Waals surface area (Å²) in [6.45, 7) is 0. The third-order valence-electron chi connectivity index (χ3n) is 3.92. The van der Waals surface area contributed by atoms with Gasteiger partial charge in [-0.25, -0.2) is 4.98 Å². The Balaban J connectivity index is 1.49. The number of carbonyl (C=O) groups excluding carboxylic acids is 1. The highest BCUT2D eigenvalue weighted by atomic mass is 32.1. The van der Waals surface area contributed by atoms with Crippen molar-refractivity contribution in [3.05, 3.63) is 88.1 Å². The average molecular weight is 374 g/mol. The summed E-state index contributed by atoms with van der Waals surface area (Å²) in [5.41, 5.74) is 2.43. The van der Waals surface area contributed by atoms with E-state index in [1.165, 1.54) is 29.8 Å². The lowest BCUT2D eigenvalue weighted by Gasteiger charge is -1.98. The second-order valence-corrected chi connectivity index (χ2v) is 6.60. The molecule has 132 valence electrons. The number of nitrogens with zero attached hydrogens (tertiary/aromatic N) is 1. The van der Waals surface area contributed by atoms with Gasteiger partial charge in [-0.3, -0.25) is 14.9 Å². The van der Waals surface area contributed by atoms with Crippen LogP contribution in [0.3, 0.4) is 0 Å². The number of hydrogen-bond acceptors (Lipinski definition) is 5. The van der Waals surface area contributed by atoms with Gasteiger partial charge in [-0.2, -0.15) is 0 Å². The highest BCUT2D eigenvalue weighted by Crippen LogP contribution is 2.24. The topological polar surface area (TPSA) is 72.2 Å². The van der Waals surface area contributed by atoms with Gasteiger partial charge < -0.3 is 4.42 Å². The number of fused-ring (bicyclic) bond motifs is 1. The van der Waals surface area contributed by atoms with Crippen molar-refractivity contribution >= 4 is 39.4 Å². The first kappa shape index (κ1) is 16.9. The van der Waals surface area contributed by atoms with Gasteiger partial charge in [-0.1, -0.05) is 42.5 Å². The monoisotopic (exact) mass is 374 g/mol. The zero-order chi connectivity index (χ0) is 18.6. The smallest absolute Gasteiger partial charge is 0.250 e. The minimum atomic E-state index is -0.364. The Morgan fingerprint density at radius 3 is 2.70 bits per heavy atom. The van der Waals surface area contributed by atoms with Gasteiger partial charge in [0.25, 0.3) is 0 Å². The van der Waals surface area contributed by atoms with Crippen molar-refractivity contribution in [2.45, 2.75) is 0 Å². The molecule has 1 amide bonds. The summed E-state index contributed by atoms with van der Waals surface area (Å²) in [7, 11) is 0. The molecule has 0 aliphatic carbocycles. The maximum atomic E-state index is 12.4. The van der Waals surface area contributed by atoms with Gasteiger partial charge in [0.1, 0.15) is 11.8 Å². The number of thiazole rings is 1. The van der Waals surface area contributed by atoms with Crippen molar-refractivity contribution in [1.29, 1.82) is 0 Å². The molecule has 0 unspecified atom stereocenters. The SMILES string of the molecule is O=C(/C=C/c1coc2ccccc2c1=O)Nc1nc(-c2ccccc2)cs1. The van der Waals surface area contributed by atoms with E-state index in [9.17, 15) is 9.59 Å². The Kier molecular flexibility index (Phi) is 4.63. The first-order valence-corrected chi connectivity index (χ1v) is 9.09. The molecule has 2 aromatic carbocycles. The number of para-hydroxylation sites is 1. The molecular weight excluding hydrogens is 360 g/mol. The Hall–Kier alpha value is -3.51. The highest BCUT2D eigenvalue weighted by molar-refractivity contribution is 7.14. The lowest BCUT2D eigenvalue weighted by molar-refractivity contribution is -0.111. The van der Waals surface area contributed by atoms with E-state index in [0.717, 1.165) is 11.3 Å². The quantitative estimate of drug-likeness (QED) is 0.531. The van der Waals surface area contributed by atoms with Crippen molar-refractivity contribution in [3.8, 4) is 11.3 Å². The van der Waals surface area contributed by atoms with E-state index in [4.69, 9.17) is 4.42 Å². The summed E-state index contributed by atoms with van der Waals surface area (Å²) in [6.07, 6.45) is 4.09. The van der Waals surface area contributed by atoms with Crippen LogP contribution in [0.1, 0.15) is 5.56 Å². The zero-order valence-electron chi connectivity index (χ0n) is 14.1. The first-order valence-electron chi connectivity index (χ1n) is 8.21. The number of benzene rings is 2. The Bertz CT molecular complexity index is 1190. The molecule has 2 aromatic heterocycles. The van der Waals surface area contributed by atoms with Gasteiger partial charge in [0.2, 0.25) is 5.91 Å². The van der Waals surface area contributed by atoms with Gasteiger partial charge in [0.15, 0.2) is 10.6 Å². The molecule has 0 saturated heterocycles. The number of rotatable bonds is 4.